The van der Waals surface area contributed by atoms with Gasteiger partial charge in [-0.1, -0.05) is 0 Å². The van der Waals surface area contributed by atoms with Gasteiger partial charge < -0.3 is 23.7 Å². The summed E-state index contributed by atoms with van der Waals surface area (Å²) in [4.78, 5) is 0. The van der Waals surface area contributed by atoms with Crippen LogP contribution in [0, 0.1) is 0 Å². The van der Waals surface area contributed by atoms with Gasteiger partial charge in [-0.2, -0.15) is 0 Å². The highest BCUT2D eigenvalue weighted by Gasteiger charge is 2.58. The first-order valence-electron chi connectivity index (χ1n) is 6.24. The van der Waals surface area contributed by atoms with Gasteiger partial charge in [0.15, 0.2) is 24.0 Å². The fourth-order valence-electron chi connectivity index (χ4n) is 2.67. The fourth-order valence-corrected chi connectivity index (χ4v) is 2.67. The Hall–Kier alpha value is -0.270. The van der Waals surface area contributed by atoms with Crippen molar-refractivity contribution < 1.29 is 28.1 Å². The van der Waals surface area contributed by atoms with Crippen molar-refractivity contribution in [1.82, 2.24) is 0 Å². The van der Waals surface area contributed by atoms with E-state index in [4.69, 9.17) is 23.7 Å². The van der Waals surface area contributed by atoms with E-state index in [9.17, 15) is 4.39 Å². The molecule has 0 aliphatic carbocycles. The Balaban J connectivity index is 1.68. The summed E-state index contributed by atoms with van der Waals surface area (Å²) in [5.74, 6) is -1.48. The predicted octanol–water partition coefficient (Wildman–Crippen LogP) is 1.35. The van der Waals surface area contributed by atoms with Gasteiger partial charge >= 0.3 is 0 Å². The maximum Gasteiger partial charge on any atom is 0.190 e. The third-order valence-corrected chi connectivity index (χ3v) is 3.40. The molecule has 3 fully saturated rings. The van der Waals surface area contributed by atoms with Crippen LogP contribution in [0.5, 0.6) is 0 Å². The Morgan fingerprint density at radius 3 is 2.22 bits per heavy atom. The molecular formula is C12H19FO5. The average Bonchev–Trinajstić information content (AvgIpc) is 2.81. The maximum absolute atomic E-state index is 14.3. The number of halogens is 1. The second kappa shape index (κ2) is 3.86. The normalized spacial score (nSPS) is 49.5. The van der Waals surface area contributed by atoms with Crippen molar-refractivity contribution in [2.75, 3.05) is 6.61 Å². The Bertz CT molecular complexity index is 345. The summed E-state index contributed by atoms with van der Waals surface area (Å²) < 4.78 is 42.0. The molecule has 0 spiro atoms. The molecule has 6 heteroatoms. The molecule has 3 aliphatic rings. The summed E-state index contributed by atoms with van der Waals surface area (Å²) in [6.45, 7) is 7.41. The Morgan fingerprint density at radius 1 is 0.944 bits per heavy atom. The van der Waals surface area contributed by atoms with Crippen LogP contribution in [0.2, 0.25) is 0 Å². The van der Waals surface area contributed by atoms with Gasteiger partial charge in [0.05, 0.1) is 6.61 Å². The van der Waals surface area contributed by atoms with Crippen LogP contribution in [0.15, 0.2) is 0 Å². The molecular weight excluding hydrogens is 243 g/mol. The number of fused-ring (bicyclic) bond motifs is 1. The highest BCUT2D eigenvalue weighted by atomic mass is 19.1. The molecule has 5 atom stereocenters. The lowest BCUT2D eigenvalue weighted by Gasteiger charge is -2.25. The van der Waals surface area contributed by atoms with Gasteiger partial charge in [-0.05, 0) is 27.7 Å². The zero-order valence-electron chi connectivity index (χ0n) is 11.0. The van der Waals surface area contributed by atoms with E-state index in [1.807, 2.05) is 0 Å². The maximum atomic E-state index is 14.3. The van der Waals surface area contributed by atoms with Gasteiger partial charge in [0.2, 0.25) is 0 Å². The molecule has 18 heavy (non-hydrogen) atoms. The number of rotatable bonds is 1. The summed E-state index contributed by atoms with van der Waals surface area (Å²) in [6.07, 6.45) is -3.72. The van der Waals surface area contributed by atoms with Crippen molar-refractivity contribution in [2.24, 2.45) is 0 Å². The van der Waals surface area contributed by atoms with E-state index in [1.165, 1.54) is 0 Å². The van der Waals surface area contributed by atoms with E-state index in [1.54, 1.807) is 27.7 Å². The topological polar surface area (TPSA) is 46.2 Å². The van der Waals surface area contributed by atoms with Crippen LogP contribution in [0.3, 0.4) is 0 Å². The molecule has 0 aromatic rings. The van der Waals surface area contributed by atoms with Gasteiger partial charge in [0, 0.05) is 0 Å². The fraction of sp³-hybridized carbons (Fsp3) is 1.00. The van der Waals surface area contributed by atoms with Crippen molar-refractivity contribution in [2.45, 2.75) is 70.0 Å². The van der Waals surface area contributed by atoms with E-state index in [2.05, 4.69) is 0 Å². The van der Waals surface area contributed by atoms with E-state index >= 15 is 0 Å². The molecule has 0 N–H and O–H groups in total. The molecule has 1 unspecified atom stereocenters. The summed E-state index contributed by atoms with van der Waals surface area (Å²) in [5, 5.41) is 0. The minimum atomic E-state index is -1.26. The predicted molar refractivity (Wildman–Crippen MR) is 58.5 cm³/mol. The molecule has 3 saturated heterocycles. The lowest BCUT2D eigenvalue weighted by molar-refractivity contribution is -0.227. The lowest BCUT2D eigenvalue weighted by atomic mass is 10.1. The second-order valence-electron chi connectivity index (χ2n) is 5.88. The third kappa shape index (κ3) is 2.06. The standard InChI is InChI=1S/C12H19FO5/c1-11(2)14-5-6(16-11)8-7(13)9-10(15-8)18-12(3,4)17-9/h6-10H,5H2,1-4H3/t6?,7-,8+,9+,10+/m0/s1. The SMILES string of the molecule is CC1(C)OCC([C@H]2O[C@@H]3OC(C)(C)O[C@@H]3[C@H]2F)O1. The van der Waals surface area contributed by atoms with Crippen molar-refractivity contribution >= 4 is 0 Å². The largest absolute Gasteiger partial charge is 0.348 e. The smallest absolute Gasteiger partial charge is 0.190 e. The van der Waals surface area contributed by atoms with Crippen LogP contribution in [0.1, 0.15) is 27.7 Å². The Labute approximate surface area is 105 Å². The summed E-state index contributed by atoms with van der Waals surface area (Å²) in [6, 6.07) is 0. The van der Waals surface area contributed by atoms with Gasteiger partial charge in [-0.25, -0.2) is 4.39 Å². The van der Waals surface area contributed by atoms with Gasteiger partial charge in [0.25, 0.3) is 0 Å². The average molecular weight is 262 g/mol. The van der Waals surface area contributed by atoms with E-state index < -0.39 is 42.3 Å². The summed E-state index contributed by atoms with van der Waals surface area (Å²) >= 11 is 0. The molecule has 3 heterocycles. The number of hydrogen-bond donors (Lipinski definition) is 0. The Kier molecular flexibility index (Phi) is 2.74. The van der Waals surface area contributed by atoms with Crippen molar-refractivity contribution in [3.63, 3.8) is 0 Å². The molecule has 0 amide bonds. The molecule has 104 valence electrons. The van der Waals surface area contributed by atoms with Gasteiger partial charge in [-0.3, -0.25) is 0 Å². The molecule has 0 aromatic heterocycles. The van der Waals surface area contributed by atoms with E-state index in [-0.39, 0.29) is 0 Å². The van der Waals surface area contributed by atoms with Gasteiger partial charge in [-0.15, -0.1) is 0 Å². The quantitative estimate of drug-likeness (QED) is 0.714. The number of hydrogen-bond acceptors (Lipinski definition) is 5. The van der Waals surface area contributed by atoms with E-state index in [0.717, 1.165) is 0 Å². The minimum Gasteiger partial charge on any atom is -0.348 e. The molecule has 3 aliphatic heterocycles. The van der Waals surface area contributed by atoms with Crippen LogP contribution in [0.4, 0.5) is 4.39 Å². The van der Waals surface area contributed by atoms with Crippen LogP contribution < -0.4 is 0 Å². The molecule has 0 radical (unpaired) electrons. The number of alkyl halides is 1. The van der Waals surface area contributed by atoms with Crippen LogP contribution >= 0.6 is 0 Å². The molecule has 3 rings (SSSR count). The molecule has 5 nitrogen and oxygen atoms in total. The highest BCUT2D eigenvalue weighted by Crippen LogP contribution is 2.41. The minimum absolute atomic E-state index is 0.320. The van der Waals surface area contributed by atoms with Crippen molar-refractivity contribution in [3.8, 4) is 0 Å². The highest BCUT2D eigenvalue weighted by molar-refractivity contribution is 4.97. The molecule has 0 saturated carbocycles. The first kappa shape index (κ1) is 12.7. The second-order valence-corrected chi connectivity index (χ2v) is 5.88. The first-order chi connectivity index (χ1) is 8.27. The van der Waals surface area contributed by atoms with Crippen molar-refractivity contribution in [3.05, 3.63) is 0 Å². The molecule has 0 bridgehead atoms. The van der Waals surface area contributed by atoms with Crippen LogP contribution in [-0.2, 0) is 23.7 Å². The van der Waals surface area contributed by atoms with Crippen LogP contribution in [-0.4, -0.2) is 49.0 Å². The number of ether oxygens (including phenoxy) is 5. The van der Waals surface area contributed by atoms with E-state index in [0.29, 0.717) is 6.61 Å². The summed E-state index contributed by atoms with van der Waals surface area (Å²) in [7, 11) is 0. The van der Waals surface area contributed by atoms with Gasteiger partial charge in [0.1, 0.15) is 18.3 Å². The monoisotopic (exact) mass is 262 g/mol. The lowest BCUT2D eigenvalue weighted by Crippen LogP contribution is -2.40. The zero-order chi connectivity index (χ0) is 13.1. The zero-order valence-corrected chi connectivity index (χ0v) is 11.0. The Morgan fingerprint density at radius 2 is 1.67 bits per heavy atom. The van der Waals surface area contributed by atoms with Crippen molar-refractivity contribution in [1.29, 1.82) is 0 Å². The summed E-state index contributed by atoms with van der Waals surface area (Å²) in [5.41, 5.74) is 0. The third-order valence-electron chi connectivity index (χ3n) is 3.40. The van der Waals surface area contributed by atoms with Crippen LogP contribution in [0.25, 0.3) is 0 Å². The molecule has 0 aromatic carbocycles. The first-order valence-corrected chi connectivity index (χ1v) is 6.24.